The van der Waals surface area contributed by atoms with Crippen molar-refractivity contribution in [1.82, 2.24) is 0 Å². The van der Waals surface area contributed by atoms with Crippen LogP contribution in [0.15, 0.2) is 24.3 Å². The fraction of sp³-hybridized carbons (Fsp3) is 0.913. The summed E-state index contributed by atoms with van der Waals surface area (Å²) in [5, 5.41) is 12.1. The molecule has 10 heterocycles. The minimum atomic E-state index is -2.05. The zero-order valence-corrected chi connectivity index (χ0v) is 37.5. The second-order valence-corrected chi connectivity index (χ2v) is 26.4. The van der Waals surface area contributed by atoms with Gasteiger partial charge in [-0.2, -0.15) is 0 Å². The van der Waals surface area contributed by atoms with Gasteiger partial charge in [0.25, 0.3) is 0 Å². The van der Waals surface area contributed by atoms with Gasteiger partial charge in [-0.1, -0.05) is 47.8 Å². The van der Waals surface area contributed by atoms with Crippen LogP contribution in [0.2, 0.25) is 18.1 Å². The van der Waals surface area contributed by atoms with Crippen LogP contribution < -0.4 is 5.73 Å². The summed E-state index contributed by atoms with van der Waals surface area (Å²) in [7, 11) is -2.05. The molecule has 1 spiro atoms. The molecule has 0 radical (unpaired) electrons. The minimum Gasteiger partial charge on any atom is -0.413 e. The van der Waals surface area contributed by atoms with Crippen molar-refractivity contribution in [3.05, 3.63) is 24.3 Å². The quantitative estimate of drug-likeness (QED) is 0.222. The number of nitrogens with two attached hydrogens (primary N) is 1. The third-order valence-corrected chi connectivity index (χ3v) is 21.1. The Morgan fingerprint density at radius 1 is 0.776 bits per heavy atom. The van der Waals surface area contributed by atoms with Crippen LogP contribution in [0.3, 0.4) is 0 Å². The summed E-state index contributed by atoms with van der Waals surface area (Å²) in [4.78, 5) is 0. The molecule has 11 nitrogen and oxygen atoms in total. The smallest absolute Gasteiger partial charge is 0.192 e. The standard InChI is InChI=1S/C46H75NO10Si/c1-24-16-29-10-12-34-25(2)17-31(49-34)14-15-46-22-39-41(55-46)42-43(54-39)44(56-46)40-35(53-42)13-11-30(51-40)18-28(48)19-33-27(4)36(52-38(33)21-37(50-29)26(24)3)20-32(23-47)57-58(8,9)45(5,6)7/h24,27-44,48H,2-3,10-23,47H2,1,4-9H3/t24-,27-,28?,29+,30?,31+,32+,33?,34?,35+,36-,37-,38?,39-,40+,41+,42+,43-,44+,46?/m1/s1. The third-order valence-electron chi connectivity index (χ3n) is 16.6. The molecule has 0 aromatic carbocycles. The zero-order valence-electron chi connectivity index (χ0n) is 36.5. The number of rotatable bonds is 5. The summed E-state index contributed by atoms with van der Waals surface area (Å²) < 4.78 is 62.0. The van der Waals surface area contributed by atoms with E-state index < -0.39 is 20.2 Å². The van der Waals surface area contributed by atoms with Crippen LogP contribution in [0.4, 0.5) is 0 Å². The Hall–Kier alpha value is -0.743. The Labute approximate surface area is 348 Å². The number of hydrogen-bond donors (Lipinski definition) is 2. The first-order valence-electron chi connectivity index (χ1n) is 23.2. The number of ether oxygens (including phenoxy) is 8. The third kappa shape index (κ3) is 8.04. The van der Waals surface area contributed by atoms with Crippen molar-refractivity contribution < 1.29 is 47.4 Å². The summed E-state index contributed by atoms with van der Waals surface area (Å²) >= 11 is 0. The molecular weight excluding hydrogens is 755 g/mol. The van der Waals surface area contributed by atoms with Gasteiger partial charge in [0.1, 0.15) is 30.5 Å². The molecule has 3 N–H and O–H groups in total. The largest absolute Gasteiger partial charge is 0.413 e. The predicted molar refractivity (Wildman–Crippen MR) is 222 cm³/mol. The Balaban J connectivity index is 0.971. The second-order valence-electron chi connectivity index (χ2n) is 21.6. The summed E-state index contributed by atoms with van der Waals surface area (Å²) in [6.07, 6.45) is 8.19. The normalized spacial score (nSPS) is 50.1. The topological polar surface area (TPSA) is 129 Å². The van der Waals surface area contributed by atoms with E-state index in [9.17, 15) is 5.11 Å². The van der Waals surface area contributed by atoms with Gasteiger partial charge in [0.15, 0.2) is 14.1 Å². The number of fused-ring (bicyclic) bond motifs is 6. The Morgan fingerprint density at radius 2 is 1.48 bits per heavy atom. The van der Waals surface area contributed by atoms with Crippen LogP contribution in [-0.2, 0) is 42.3 Å². The Bertz CT molecular complexity index is 1520. The van der Waals surface area contributed by atoms with E-state index in [1.807, 2.05) is 0 Å². The van der Waals surface area contributed by atoms with Crippen molar-refractivity contribution in [1.29, 1.82) is 0 Å². The molecular formula is C46H75NO10Si. The van der Waals surface area contributed by atoms with Crippen LogP contribution in [0.5, 0.6) is 0 Å². The molecule has 12 bridgehead atoms. The maximum absolute atomic E-state index is 12.0. The van der Waals surface area contributed by atoms with E-state index in [1.165, 1.54) is 5.57 Å². The molecule has 0 aromatic rings. The summed E-state index contributed by atoms with van der Waals surface area (Å²) in [5.74, 6) is -0.0896. The lowest BCUT2D eigenvalue weighted by molar-refractivity contribution is -0.294. The number of aliphatic hydroxyl groups excluding tert-OH is 1. The van der Waals surface area contributed by atoms with E-state index >= 15 is 0 Å². The molecule has 12 heteroatoms. The zero-order chi connectivity index (χ0) is 40.9. The molecule has 0 amide bonds. The van der Waals surface area contributed by atoms with Crippen LogP contribution in [0.25, 0.3) is 0 Å². The van der Waals surface area contributed by atoms with Gasteiger partial charge in [-0.05, 0) is 105 Å². The van der Waals surface area contributed by atoms with E-state index in [0.717, 1.165) is 69.8 Å². The van der Waals surface area contributed by atoms with E-state index in [2.05, 4.69) is 60.9 Å². The van der Waals surface area contributed by atoms with Crippen LogP contribution in [0, 0.1) is 17.8 Å². The molecule has 10 saturated heterocycles. The molecule has 58 heavy (non-hydrogen) atoms. The van der Waals surface area contributed by atoms with Crippen LogP contribution in [-0.4, -0.2) is 123 Å². The van der Waals surface area contributed by atoms with Crippen molar-refractivity contribution in [2.45, 2.75) is 240 Å². The molecule has 328 valence electrons. The molecule has 10 rings (SSSR count). The molecule has 10 aliphatic heterocycles. The maximum Gasteiger partial charge on any atom is 0.192 e. The average molecular weight is 830 g/mol. The highest BCUT2D eigenvalue weighted by Gasteiger charge is 2.68. The van der Waals surface area contributed by atoms with Gasteiger partial charge in [-0.15, -0.1) is 0 Å². The maximum atomic E-state index is 12.0. The number of hydrogen-bond acceptors (Lipinski definition) is 11. The van der Waals surface area contributed by atoms with Gasteiger partial charge in [0, 0.05) is 32.2 Å². The van der Waals surface area contributed by atoms with Crippen molar-refractivity contribution in [3.8, 4) is 0 Å². The highest BCUT2D eigenvalue weighted by atomic mass is 28.4. The lowest BCUT2D eigenvalue weighted by Gasteiger charge is -2.47. The minimum absolute atomic E-state index is 0.0156. The van der Waals surface area contributed by atoms with Crippen molar-refractivity contribution in [3.63, 3.8) is 0 Å². The lowest BCUT2D eigenvalue weighted by Crippen LogP contribution is -2.61. The monoisotopic (exact) mass is 830 g/mol. The SMILES string of the molecule is C=C1C[C@@H]2CCC34C[C@H]5O[C@H]6[C@@H](O3)[C@H]3OC(CC[C@@H]3O[C@H]6[C@H]5O4)CC(O)CC3C(C[C@H]4O[C@@H](CCC1O2)C[C@@H](C)C4=C)O[C@H](C[C@@H](CN)O[Si](C)(C)C(C)(C)C)[C@@H]3C. The van der Waals surface area contributed by atoms with Crippen molar-refractivity contribution in [2.75, 3.05) is 6.54 Å². The van der Waals surface area contributed by atoms with Gasteiger partial charge < -0.3 is 53.2 Å². The lowest BCUT2D eigenvalue weighted by atomic mass is 9.78. The van der Waals surface area contributed by atoms with Crippen molar-refractivity contribution in [2.24, 2.45) is 23.5 Å². The summed E-state index contributed by atoms with van der Waals surface area (Å²) in [6.45, 7) is 25.5. The summed E-state index contributed by atoms with van der Waals surface area (Å²) in [6, 6.07) is 0. The Kier molecular flexibility index (Phi) is 11.8. The Morgan fingerprint density at radius 3 is 2.26 bits per heavy atom. The van der Waals surface area contributed by atoms with Gasteiger partial charge >= 0.3 is 0 Å². The first-order chi connectivity index (χ1) is 27.5. The molecule has 0 aromatic heterocycles. The summed E-state index contributed by atoms with van der Waals surface area (Å²) in [5.41, 5.74) is 8.75. The van der Waals surface area contributed by atoms with Gasteiger partial charge in [0.05, 0.1) is 67.1 Å². The predicted octanol–water partition coefficient (Wildman–Crippen LogP) is 6.88. The van der Waals surface area contributed by atoms with Crippen LogP contribution >= 0.6 is 0 Å². The van der Waals surface area contributed by atoms with Gasteiger partial charge in [-0.3, -0.25) is 0 Å². The second kappa shape index (κ2) is 16.1. The van der Waals surface area contributed by atoms with E-state index in [1.54, 1.807) is 0 Å². The fourth-order valence-corrected chi connectivity index (χ4v) is 13.5. The molecule has 20 atom stereocenters. The first kappa shape index (κ1) is 42.6. The average Bonchev–Trinajstić information content (AvgIpc) is 3.82. The van der Waals surface area contributed by atoms with Gasteiger partial charge in [-0.25, -0.2) is 0 Å². The van der Waals surface area contributed by atoms with Gasteiger partial charge in [0.2, 0.25) is 0 Å². The van der Waals surface area contributed by atoms with E-state index in [4.69, 9.17) is 48.1 Å². The van der Waals surface area contributed by atoms with E-state index in [-0.39, 0.29) is 108 Å². The highest BCUT2D eigenvalue weighted by molar-refractivity contribution is 6.74. The highest BCUT2D eigenvalue weighted by Crippen LogP contribution is 2.55. The molecule has 0 saturated carbocycles. The number of aliphatic hydroxyl groups is 1. The molecule has 10 aliphatic rings. The fourth-order valence-electron chi connectivity index (χ4n) is 12.1. The van der Waals surface area contributed by atoms with E-state index in [0.29, 0.717) is 31.7 Å². The van der Waals surface area contributed by atoms with Crippen LogP contribution in [0.1, 0.15) is 118 Å². The molecule has 6 unspecified atom stereocenters. The van der Waals surface area contributed by atoms with Crippen molar-refractivity contribution >= 4 is 8.32 Å². The first-order valence-corrected chi connectivity index (χ1v) is 26.1. The molecule has 10 fully saturated rings. The molecule has 0 aliphatic carbocycles.